The molecule has 2 heterocycles. The monoisotopic (exact) mass is 454 g/mol. The molecule has 0 aliphatic heterocycles. The van der Waals surface area contributed by atoms with Crippen LogP contribution in [0.5, 0.6) is 0 Å². The molecule has 5 rings (SSSR count). The first-order valence-corrected chi connectivity index (χ1v) is 12.0. The van der Waals surface area contributed by atoms with E-state index in [9.17, 15) is 8.42 Å². The van der Waals surface area contributed by atoms with Crippen LogP contribution < -0.4 is 10.0 Å². The molecule has 5 aromatic rings. The van der Waals surface area contributed by atoms with Crippen molar-refractivity contribution in [3.63, 3.8) is 0 Å². The molecule has 2 aromatic heterocycles. The zero-order valence-corrected chi connectivity index (χ0v) is 18.6. The second-order valence-electron chi connectivity index (χ2n) is 7.71. The first-order valence-electron chi connectivity index (χ1n) is 10.6. The van der Waals surface area contributed by atoms with Gasteiger partial charge in [0.2, 0.25) is 0 Å². The first-order chi connectivity index (χ1) is 16.1. The van der Waals surface area contributed by atoms with Gasteiger partial charge in [0.1, 0.15) is 0 Å². The molecule has 0 aliphatic rings. The number of nitrogens with zero attached hydrogens (tertiary/aromatic N) is 3. The van der Waals surface area contributed by atoms with E-state index in [4.69, 9.17) is 5.73 Å². The topological polar surface area (TPSA) is 89.2 Å². The van der Waals surface area contributed by atoms with E-state index in [2.05, 4.69) is 9.97 Å². The minimum Gasteiger partial charge on any atom is -0.329 e. The van der Waals surface area contributed by atoms with Gasteiger partial charge in [0.25, 0.3) is 10.0 Å². The first kappa shape index (κ1) is 21.1. The van der Waals surface area contributed by atoms with E-state index in [-0.39, 0.29) is 18.0 Å². The Kier molecular flexibility index (Phi) is 5.50. The molecule has 0 atom stereocenters. The van der Waals surface area contributed by atoms with E-state index in [0.717, 1.165) is 27.3 Å². The van der Waals surface area contributed by atoms with Crippen LogP contribution in [0.1, 0.15) is 0 Å². The van der Waals surface area contributed by atoms with Crippen LogP contribution in [-0.4, -0.2) is 31.5 Å². The third kappa shape index (κ3) is 3.92. The normalized spacial score (nSPS) is 11.7. The average molecular weight is 455 g/mol. The van der Waals surface area contributed by atoms with Crippen LogP contribution in [0.3, 0.4) is 0 Å². The fourth-order valence-electron chi connectivity index (χ4n) is 4.03. The third-order valence-electron chi connectivity index (χ3n) is 5.64. The van der Waals surface area contributed by atoms with Gasteiger partial charge in [0, 0.05) is 48.0 Å². The number of sulfonamides is 1. The van der Waals surface area contributed by atoms with E-state index < -0.39 is 10.0 Å². The van der Waals surface area contributed by atoms with E-state index in [1.165, 1.54) is 4.31 Å². The zero-order chi connectivity index (χ0) is 22.8. The van der Waals surface area contributed by atoms with Crippen molar-refractivity contribution in [1.29, 1.82) is 0 Å². The molecule has 0 saturated heterocycles. The van der Waals surface area contributed by atoms with E-state index in [1.54, 1.807) is 30.7 Å². The lowest BCUT2D eigenvalue weighted by atomic mass is 10.0. The largest absolute Gasteiger partial charge is 0.329 e. The van der Waals surface area contributed by atoms with Crippen LogP contribution in [0.15, 0.2) is 102 Å². The van der Waals surface area contributed by atoms with Gasteiger partial charge in [-0.05, 0) is 40.6 Å². The molecule has 0 radical (unpaired) electrons. The van der Waals surface area contributed by atoms with Crippen molar-refractivity contribution in [2.75, 3.05) is 17.4 Å². The van der Waals surface area contributed by atoms with Gasteiger partial charge in [-0.15, -0.1) is 0 Å². The molecule has 0 aliphatic carbocycles. The summed E-state index contributed by atoms with van der Waals surface area (Å²) >= 11 is 0. The Bertz CT molecular complexity index is 1560. The summed E-state index contributed by atoms with van der Waals surface area (Å²) in [6, 6.07) is 22.6. The molecule has 0 unspecified atom stereocenters. The molecule has 3 aromatic carbocycles. The maximum absolute atomic E-state index is 13.8. The molecule has 0 saturated carbocycles. The van der Waals surface area contributed by atoms with Crippen LogP contribution in [0, 0.1) is 0 Å². The fraction of sp³-hybridized carbons (Fsp3) is 0.0769. The smallest absolute Gasteiger partial charge is 0.265 e. The van der Waals surface area contributed by atoms with Crippen LogP contribution in [-0.2, 0) is 10.0 Å². The van der Waals surface area contributed by atoms with Gasteiger partial charge < -0.3 is 5.73 Å². The Balaban J connectivity index is 1.61. The molecule has 7 heteroatoms. The molecule has 0 amide bonds. The summed E-state index contributed by atoms with van der Waals surface area (Å²) in [5.74, 6) is 0. The van der Waals surface area contributed by atoms with Crippen molar-refractivity contribution in [2.45, 2.75) is 4.90 Å². The van der Waals surface area contributed by atoms with Crippen molar-refractivity contribution in [1.82, 2.24) is 9.97 Å². The van der Waals surface area contributed by atoms with E-state index >= 15 is 0 Å². The predicted molar refractivity (Wildman–Crippen MR) is 133 cm³/mol. The number of rotatable bonds is 6. The summed E-state index contributed by atoms with van der Waals surface area (Å²) in [4.78, 5) is 8.76. The Morgan fingerprint density at radius 1 is 0.758 bits per heavy atom. The molecule has 0 bridgehead atoms. The zero-order valence-electron chi connectivity index (χ0n) is 17.8. The molecule has 164 valence electrons. The molecular formula is C26H22N4O2S. The van der Waals surface area contributed by atoms with Gasteiger partial charge in [-0.2, -0.15) is 0 Å². The Morgan fingerprint density at radius 3 is 2.48 bits per heavy atom. The number of fused-ring (bicyclic) bond motifs is 2. The van der Waals surface area contributed by atoms with E-state index in [1.807, 2.05) is 66.9 Å². The highest BCUT2D eigenvalue weighted by Gasteiger charge is 2.26. The van der Waals surface area contributed by atoms with Crippen LogP contribution in [0.2, 0.25) is 0 Å². The van der Waals surface area contributed by atoms with Crippen molar-refractivity contribution in [2.24, 2.45) is 5.73 Å². The van der Waals surface area contributed by atoms with Crippen molar-refractivity contribution in [3.8, 4) is 11.1 Å². The highest BCUT2D eigenvalue weighted by atomic mass is 32.2. The fourth-order valence-corrected chi connectivity index (χ4v) is 5.70. The van der Waals surface area contributed by atoms with Crippen molar-refractivity contribution in [3.05, 3.63) is 97.6 Å². The molecule has 6 nitrogen and oxygen atoms in total. The van der Waals surface area contributed by atoms with Gasteiger partial charge in [0.15, 0.2) is 0 Å². The Labute approximate surface area is 192 Å². The Hall–Kier alpha value is -3.81. The van der Waals surface area contributed by atoms with E-state index in [0.29, 0.717) is 11.1 Å². The quantitative estimate of drug-likeness (QED) is 0.405. The van der Waals surface area contributed by atoms with Crippen molar-refractivity contribution >= 4 is 37.3 Å². The maximum atomic E-state index is 13.8. The molecule has 2 N–H and O–H groups in total. The maximum Gasteiger partial charge on any atom is 0.265 e. The summed E-state index contributed by atoms with van der Waals surface area (Å²) in [5.41, 5.74) is 8.07. The minimum absolute atomic E-state index is 0.139. The second kappa shape index (κ2) is 8.61. The lowest BCUT2D eigenvalue weighted by molar-refractivity contribution is 0.591. The van der Waals surface area contributed by atoms with Crippen molar-refractivity contribution < 1.29 is 8.42 Å². The molecule has 0 spiro atoms. The highest BCUT2D eigenvalue weighted by Crippen LogP contribution is 2.31. The van der Waals surface area contributed by atoms with Crippen LogP contribution in [0.25, 0.3) is 32.7 Å². The number of aromatic nitrogens is 2. The van der Waals surface area contributed by atoms with Crippen LogP contribution >= 0.6 is 0 Å². The number of hydrogen-bond donors (Lipinski definition) is 1. The lowest BCUT2D eigenvalue weighted by Gasteiger charge is -2.25. The Morgan fingerprint density at radius 2 is 1.61 bits per heavy atom. The SMILES string of the molecule is NCCN(c1cncc(-c2ccc3cnccc3c2)c1)S(=O)(=O)c1cccc2ccccc12. The van der Waals surface area contributed by atoms with Crippen LogP contribution in [0.4, 0.5) is 5.69 Å². The molecular weight excluding hydrogens is 432 g/mol. The van der Waals surface area contributed by atoms with Gasteiger partial charge in [-0.1, -0.05) is 48.5 Å². The standard InChI is InChI=1S/C26H22N4O2S/c27-11-13-30(33(31,32)26-7-3-5-19-4-1-2-6-25(19)26)24-15-23(17-29-18-24)20-8-9-22-16-28-12-10-21(22)14-20/h1-10,12,14-18H,11,13,27H2. The van der Waals surface area contributed by atoms with Gasteiger partial charge in [0.05, 0.1) is 16.8 Å². The average Bonchev–Trinajstić information content (AvgIpc) is 2.86. The third-order valence-corrected chi connectivity index (χ3v) is 7.52. The number of benzene rings is 3. The lowest BCUT2D eigenvalue weighted by Crippen LogP contribution is -2.35. The minimum atomic E-state index is -3.87. The summed E-state index contributed by atoms with van der Waals surface area (Å²) < 4.78 is 28.9. The molecule has 0 fully saturated rings. The predicted octanol–water partition coefficient (Wildman–Crippen LogP) is 4.60. The summed E-state index contributed by atoms with van der Waals surface area (Å²) in [6.45, 7) is 0.317. The molecule has 33 heavy (non-hydrogen) atoms. The second-order valence-corrected chi connectivity index (χ2v) is 9.54. The number of anilines is 1. The van der Waals surface area contributed by atoms with Gasteiger partial charge in [-0.25, -0.2) is 8.42 Å². The summed E-state index contributed by atoms with van der Waals surface area (Å²) in [5, 5.41) is 3.63. The van der Waals surface area contributed by atoms with Gasteiger partial charge in [-0.3, -0.25) is 14.3 Å². The number of nitrogens with two attached hydrogens (primary N) is 1. The summed E-state index contributed by atoms with van der Waals surface area (Å²) in [6.07, 6.45) is 6.86. The number of pyridine rings is 2. The highest BCUT2D eigenvalue weighted by molar-refractivity contribution is 7.93. The summed E-state index contributed by atoms with van der Waals surface area (Å²) in [7, 11) is -3.87. The number of hydrogen-bond acceptors (Lipinski definition) is 5. The van der Waals surface area contributed by atoms with Gasteiger partial charge >= 0.3 is 0 Å².